The number of amides is 1. The molecule has 1 aromatic rings. The first-order chi connectivity index (χ1) is 9.16. The SMILES string of the molecule is CC(C)CC(NC(=O)[C@H]1CCCN1)c1ccccc1. The highest BCUT2D eigenvalue weighted by Gasteiger charge is 2.24. The minimum atomic E-state index is -0.00151. The first-order valence-corrected chi connectivity index (χ1v) is 7.25. The van der Waals surface area contributed by atoms with Crippen molar-refractivity contribution < 1.29 is 4.79 Å². The maximum Gasteiger partial charge on any atom is 0.237 e. The van der Waals surface area contributed by atoms with E-state index in [0.29, 0.717) is 5.92 Å². The number of hydrogen-bond donors (Lipinski definition) is 2. The molecule has 2 atom stereocenters. The molecule has 1 heterocycles. The van der Waals surface area contributed by atoms with Crippen LogP contribution >= 0.6 is 0 Å². The molecule has 1 unspecified atom stereocenters. The number of nitrogens with one attached hydrogen (secondary N) is 2. The number of carbonyl (C=O) groups excluding carboxylic acids is 1. The predicted molar refractivity (Wildman–Crippen MR) is 77.8 cm³/mol. The fourth-order valence-corrected chi connectivity index (χ4v) is 2.62. The Morgan fingerprint density at radius 3 is 2.68 bits per heavy atom. The lowest BCUT2D eigenvalue weighted by Gasteiger charge is -2.23. The Labute approximate surface area is 115 Å². The molecule has 3 nitrogen and oxygen atoms in total. The van der Waals surface area contributed by atoms with Crippen LogP contribution in [0.2, 0.25) is 0 Å². The molecular weight excluding hydrogens is 236 g/mol. The van der Waals surface area contributed by atoms with E-state index in [1.54, 1.807) is 0 Å². The third-order valence-electron chi connectivity index (χ3n) is 3.60. The Bertz CT molecular complexity index is 396. The van der Waals surface area contributed by atoms with Gasteiger partial charge in [-0.3, -0.25) is 4.79 Å². The third kappa shape index (κ3) is 4.06. The second kappa shape index (κ2) is 6.71. The zero-order valence-electron chi connectivity index (χ0n) is 11.9. The first-order valence-electron chi connectivity index (χ1n) is 7.25. The molecule has 2 N–H and O–H groups in total. The Balaban J connectivity index is 2.03. The van der Waals surface area contributed by atoms with Crippen LogP contribution in [0.4, 0.5) is 0 Å². The van der Waals surface area contributed by atoms with Crippen LogP contribution in [-0.4, -0.2) is 18.5 Å². The number of hydrogen-bond acceptors (Lipinski definition) is 2. The number of benzene rings is 1. The summed E-state index contributed by atoms with van der Waals surface area (Å²) < 4.78 is 0. The fraction of sp³-hybridized carbons (Fsp3) is 0.562. The second-order valence-corrected chi connectivity index (χ2v) is 5.75. The average molecular weight is 260 g/mol. The lowest BCUT2D eigenvalue weighted by Crippen LogP contribution is -2.42. The summed E-state index contributed by atoms with van der Waals surface area (Å²) in [6.45, 7) is 5.34. The molecule has 1 aliphatic heterocycles. The van der Waals surface area contributed by atoms with E-state index in [-0.39, 0.29) is 18.0 Å². The molecule has 0 spiro atoms. The Morgan fingerprint density at radius 1 is 1.37 bits per heavy atom. The van der Waals surface area contributed by atoms with E-state index in [9.17, 15) is 4.79 Å². The van der Waals surface area contributed by atoms with Crippen LogP contribution in [0.25, 0.3) is 0 Å². The first kappa shape index (κ1) is 14.1. The fourth-order valence-electron chi connectivity index (χ4n) is 2.62. The van der Waals surface area contributed by atoms with E-state index in [1.165, 1.54) is 5.56 Å². The van der Waals surface area contributed by atoms with Crippen molar-refractivity contribution in [3.8, 4) is 0 Å². The van der Waals surface area contributed by atoms with Crippen LogP contribution in [0, 0.1) is 5.92 Å². The molecule has 1 aromatic carbocycles. The maximum atomic E-state index is 12.2. The van der Waals surface area contributed by atoms with Crippen molar-refractivity contribution in [2.24, 2.45) is 5.92 Å². The molecule has 1 saturated heterocycles. The van der Waals surface area contributed by atoms with Gasteiger partial charge in [0.05, 0.1) is 12.1 Å². The van der Waals surface area contributed by atoms with Gasteiger partial charge in [0.25, 0.3) is 0 Å². The molecule has 0 aliphatic carbocycles. The van der Waals surface area contributed by atoms with Gasteiger partial charge in [-0.15, -0.1) is 0 Å². The standard InChI is InChI=1S/C16H24N2O/c1-12(2)11-15(13-7-4-3-5-8-13)18-16(19)14-9-6-10-17-14/h3-5,7-8,12,14-15,17H,6,9-11H2,1-2H3,(H,18,19)/t14-,15?/m1/s1. The highest BCUT2D eigenvalue weighted by atomic mass is 16.2. The quantitative estimate of drug-likeness (QED) is 0.854. The Hall–Kier alpha value is -1.35. The van der Waals surface area contributed by atoms with Crippen molar-refractivity contribution in [1.29, 1.82) is 0 Å². The van der Waals surface area contributed by atoms with Crippen LogP contribution in [0.5, 0.6) is 0 Å². The van der Waals surface area contributed by atoms with Gasteiger partial charge in [-0.1, -0.05) is 44.2 Å². The largest absolute Gasteiger partial charge is 0.348 e. The molecule has 3 heteroatoms. The van der Waals surface area contributed by atoms with Gasteiger partial charge in [0.1, 0.15) is 0 Å². The van der Waals surface area contributed by atoms with Crippen molar-refractivity contribution in [3.63, 3.8) is 0 Å². The van der Waals surface area contributed by atoms with Crippen LogP contribution in [0.1, 0.15) is 44.7 Å². The molecule has 1 fully saturated rings. The van der Waals surface area contributed by atoms with Gasteiger partial charge < -0.3 is 10.6 Å². The molecule has 1 aliphatic rings. The lowest BCUT2D eigenvalue weighted by molar-refractivity contribution is -0.123. The number of carbonyl (C=O) groups is 1. The summed E-state index contributed by atoms with van der Waals surface area (Å²) >= 11 is 0. The molecule has 0 aromatic heterocycles. The topological polar surface area (TPSA) is 41.1 Å². The van der Waals surface area contributed by atoms with E-state index in [4.69, 9.17) is 0 Å². The van der Waals surface area contributed by atoms with E-state index in [0.717, 1.165) is 25.8 Å². The van der Waals surface area contributed by atoms with Crippen molar-refractivity contribution in [2.45, 2.75) is 45.2 Å². The normalized spacial score (nSPS) is 20.5. The summed E-state index contributed by atoms with van der Waals surface area (Å²) in [4.78, 5) is 12.2. The molecule has 0 radical (unpaired) electrons. The molecule has 0 saturated carbocycles. The summed E-state index contributed by atoms with van der Waals surface area (Å²) in [6.07, 6.45) is 3.02. The number of rotatable bonds is 5. The summed E-state index contributed by atoms with van der Waals surface area (Å²) in [5.74, 6) is 0.703. The van der Waals surface area contributed by atoms with Gasteiger partial charge in [0.15, 0.2) is 0 Å². The third-order valence-corrected chi connectivity index (χ3v) is 3.60. The van der Waals surface area contributed by atoms with E-state index in [1.807, 2.05) is 18.2 Å². The van der Waals surface area contributed by atoms with Crippen LogP contribution in [0.15, 0.2) is 30.3 Å². The van der Waals surface area contributed by atoms with Gasteiger partial charge in [-0.05, 0) is 37.3 Å². The lowest BCUT2D eigenvalue weighted by atomic mass is 9.96. The van der Waals surface area contributed by atoms with Gasteiger partial charge in [-0.2, -0.15) is 0 Å². The van der Waals surface area contributed by atoms with E-state index >= 15 is 0 Å². The summed E-state index contributed by atoms with van der Waals surface area (Å²) in [7, 11) is 0. The van der Waals surface area contributed by atoms with Crippen LogP contribution in [-0.2, 0) is 4.79 Å². The zero-order chi connectivity index (χ0) is 13.7. The van der Waals surface area contributed by atoms with Gasteiger partial charge >= 0.3 is 0 Å². The minimum Gasteiger partial charge on any atom is -0.348 e. The molecule has 2 rings (SSSR count). The monoisotopic (exact) mass is 260 g/mol. The van der Waals surface area contributed by atoms with E-state index < -0.39 is 0 Å². The maximum absolute atomic E-state index is 12.2. The Morgan fingerprint density at radius 2 is 2.11 bits per heavy atom. The summed E-state index contributed by atoms with van der Waals surface area (Å²) in [6, 6.07) is 10.4. The highest BCUT2D eigenvalue weighted by molar-refractivity contribution is 5.82. The van der Waals surface area contributed by atoms with Crippen molar-refractivity contribution >= 4 is 5.91 Å². The summed E-state index contributed by atoms with van der Waals surface area (Å²) in [5.41, 5.74) is 1.20. The Kier molecular flexibility index (Phi) is 4.97. The smallest absolute Gasteiger partial charge is 0.237 e. The van der Waals surface area contributed by atoms with Gasteiger partial charge in [0, 0.05) is 0 Å². The van der Waals surface area contributed by atoms with E-state index in [2.05, 4.69) is 36.6 Å². The average Bonchev–Trinajstić information content (AvgIpc) is 2.92. The minimum absolute atomic E-state index is 0.00151. The predicted octanol–water partition coefficient (Wildman–Crippen LogP) is 2.64. The molecule has 19 heavy (non-hydrogen) atoms. The van der Waals surface area contributed by atoms with Crippen molar-refractivity contribution in [2.75, 3.05) is 6.54 Å². The molecule has 1 amide bonds. The van der Waals surface area contributed by atoms with Crippen molar-refractivity contribution in [3.05, 3.63) is 35.9 Å². The zero-order valence-corrected chi connectivity index (χ0v) is 11.9. The van der Waals surface area contributed by atoms with Crippen LogP contribution < -0.4 is 10.6 Å². The highest BCUT2D eigenvalue weighted by Crippen LogP contribution is 2.21. The van der Waals surface area contributed by atoms with Crippen LogP contribution in [0.3, 0.4) is 0 Å². The second-order valence-electron chi connectivity index (χ2n) is 5.75. The van der Waals surface area contributed by atoms with Gasteiger partial charge in [-0.25, -0.2) is 0 Å². The van der Waals surface area contributed by atoms with Crippen molar-refractivity contribution in [1.82, 2.24) is 10.6 Å². The molecule has 0 bridgehead atoms. The van der Waals surface area contributed by atoms with Gasteiger partial charge in [0.2, 0.25) is 5.91 Å². The summed E-state index contributed by atoms with van der Waals surface area (Å²) in [5, 5.41) is 6.46. The molecular formula is C16H24N2O. The molecule has 104 valence electrons.